The first-order valence-corrected chi connectivity index (χ1v) is 7.64. The van der Waals surface area contributed by atoms with Crippen LogP contribution in [0.2, 0.25) is 0 Å². The summed E-state index contributed by atoms with van der Waals surface area (Å²) in [5, 5.41) is 2.93. The molecule has 3 rings (SSSR count). The Kier molecular flexibility index (Phi) is 4.03. The fourth-order valence-corrected chi connectivity index (χ4v) is 2.83. The topological polar surface area (TPSA) is 45.2 Å². The molecular weight excluding hydrogens is 330 g/mol. The van der Waals surface area contributed by atoms with Gasteiger partial charge in [0.15, 0.2) is 0 Å². The average molecular weight is 346 g/mol. The van der Waals surface area contributed by atoms with Gasteiger partial charge in [-0.15, -0.1) is 0 Å². The zero-order valence-corrected chi connectivity index (χ0v) is 13.4. The van der Waals surface area contributed by atoms with Crippen LogP contribution in [-0.4, -0.2) is 29.4 Å². The number of hydrogen-bond donors (Lipinski definition) is 1. The van der Waals surface area contributed by atoms with Gasteiger partial charge in [-0.1, -0.05) is 15.9 Å². The first-order valence-electron chi connectivity index (χ1n) is 6.84. The van der Waals surface area contributed by atoms with Crippen LogP contribution in [0, 0.1) is 0 Å². The first kappa shape index (κ1) is 14.2. The predicted molar refractivity (Wildman–Crippen MR) is 86.4 cm³/mol. The van der Waals surface area contributed by atoms with Crippen LogP contribution < -0.4 is 5.32 Å². The summed E-state index contributed by atoms with van der Waals surface area (Å²) in [4.78, 5) is 18.9. The molecule has 1 aliphatic heterocycles. The van der Waals surface area contributed by atoms with Crippen molar-refractivity contribution in [3.8, 4) is 0 Å². The van der Waals surface area contributed by atoms with Crippen molar-refractivity contribution < 1.29 is 4.79 Å². The Labute approximate surface area is 132 Å². The second-order valence-corrected chi connectivity index (χ2v) is 6.19. The summed E-state index contributed by atoms with van der Waals surface area (Å²) >= 11 is 3.38. The lowest BCUT2D eigenvalue weighted by atomic mass is 9.97. The van der Waals surface area contributed by atoms with Crippen LogP contribution in [0.3, 0.4) is 0 Å². The van der Waals surface area contributed by atoms with Crippen molar-refractivity contribution in [1.82, 2.24) is 9.88 Å². The summed E-state index contributed by atoms with van der Waals surface area (Å²) in [5.41, 5.74) is 3.74. The third kappa shape index (κ3) is 3.14. The Hall–Kier alpha value is -1.72. The fraction of sp³-hybridized carbons (Fsp3) is 0.250. The number of anilines is 1. The third-order valence-electron chi connectivity index (χ3n) is 3.68. The SMILES string of the molecule is CN1CCc2c(cncc2C(=O)Nc2ccc(Br)cc2)C1. The molecule has 2 heterocycles. The van der Waals surface area contributed by atoms with Crippen LogP contribution in [0.5, 0.6) is 0 Å². The number of pyridine rings is 1. The number of halogens is 1. The summed E-state index contributed by atoms with van der Waals surface area (Å²) < 4.78 is 0.988. The molecule has 0 atom stereocenters. The molecule has 1 N–H and O–H groups in total. The molecule has 21 heavy (non-hydrogen) atoms. The van der Waals surface area contributed by atoms with E-state index in [1.165, 1.54) is 0 Å². The molecule has 1 amide bonds. The van der Waals surface area contributed by atoms with E-state index in [9.17, 15) is 4.79 Å². The van der Waals surface area contributed by atoms with Crippen molar-refractivity contribution >= 4 is 27.5 Å². The summed E-state index contributed by atoms with van der Waals surface area (Å²) in [5.74, 6) is -0.0915. The van der Waals surface area contributed by atoms with Crippen LogP contribution >= 0.6 is 15.9 Å². The quantitative estimate of drug-likeness (QED) is 0.909. The highest BCUT2D eigenvalue weighted by Gasteiger charge is 2.20. The second kappa shape index (κ2) is 5.95. The van der Waals surface area contributed by atoms with Gasteiger partial charge in [-0.25, -0.2) is 0 Å². The van der Waals surface area contributed by atoms with E-state index in [-0.39, 0.29) is 5.91 Å². The minimum Gasteiger partial charge on any atom is -0.322 e. The average Bonchev–Trinajstić information content (AvgIpc) is 2.48. The Bertz CT molecular complexity index is 670. The third-order valence-corrected chi connectivity index (χ3v) is 4.21. The lowest BCUT2D eigenvalue weighted by Gasteiger charge is -2.26. The molecule has 4 nitrogen and oxygen atoms in total. The molecule has 0 saturated carbocycles. The largest absolute Gasteiger partial charge is 0.322 e. The highest BCUT2D eigenvalue weighted by molar-refractivity contribution is 9.10. The van der Waals surface area contributed by atoms with Crippen LogP contribution in [0.25, 0.3) is 0 Å². The molecule has 1 aromatic carbocycles. The van der Waals surface area contributed by atoms with Crippen molar-refractivity contribution in [2.75, 3.05) is 18.9 Å². The Morgan fingerprint density at radius 1 is 1.29 bits per heavy atom. The molecule has 1 aliphatic rings. The summed E-state index contributed by atoms with van der Waals surface area (Å²) in [6.07, 6.45) is 4.41. The molecule has 0 saturated heterocycles. The minimum atomic E-state index is -0.0915. The van der Waals surface area contributed by atoms with Crippen LogP contribution in [0.4, 0.5) is 5.69 Å². The van der Waals surface area contributed by atoms with E-state index in [0.717, 1.165) is 40.8 Å². The molecule has 0 bridgehead atoms. The Morgan fingerprint density at radius 2 is 2.05 bits per heavy atom. The van der Waals surface area contributed by atoms with E-state index in [2.05, 4.69) is 38.2 Å². The van der Waals surface area contributed by atoms with Crippen molar-refractivity contribution in [1.29, 1.82) is 0 Å². The Morgan fingerprint density at radius 3 is 2.81 bits per heavy atom. The van der Waals surface area contributed by atoms with Crippen LogP contribution in [0.1, 0.15) is 21.5 Å². The first-order chi connectivity index (χ1) is 10.1. The molecule has 1 aromatic heterocycles. The molecule has 0 fully saturated rings. The highest BCUT2D eigenvalue weighted by atomic mass is 79.9. The van der Waals surface area contributed by atoms with Gasteiger partial charge in [-0.2, -0.15) is 0 Å². The zero-order valence-electron chi connectivity index (χ0n) is 11.8. The molecule has 0 radical (unpaired) electrons. The predicted octanol–water partition coefficient (Wildman–Crippen LogP) is 3.08. The normalized spacial score (nSPS) is 14.6. The fourth-order valence-electron chi connectivity index (χ4n) is 2.56. The molecular formula is C16H16BrN3O. The number of aromatic nitrogens is 1. The summed E-state index contributed by atoms with van der Waals surface area (Å²) in [7, 11) is 2.08. The highest BCUT2D eigenvalue weighted by Crippen LogP contribution is 2.22. The van der Waals surface area contributed by atoms with Gasteiger partial charge >= 0.3 is 0 Å². The number of amides is 1. The molecule has 0 unspecified atom stereocenters. The van der Waals surface area contributed by atoms with Crippen molar-refractivity contribution in [3.05, 3.63) is 57.8 Å². The second-order valence-electron chi connectivity index (χ2n) is 5.27. The van der Waals surface area contributed by atoms with Gasteiger partial charge in [0, 0.05) is 35.6 Å². The van der Waals surface area contributed by atoms with Crippen molar-refractivity contribution in [3.63, 3.8) is 0 Å². The smallest absolute Gasteiger partial charge is 0.257 e. The maximum Gasteiger partial charge on any atom is 0.257 e. The van der Waals surface area contributed by atoms with Crippen LogP contribution in [-0.2, 0) is 13.0 Å². The van der Waals surface area contributed by atoms with Crippen molar-refractivity contribution in [2.45, 2.75) is 13.0 Å². The number of likely N-dealkylation sites (N-methyl/N-ethyl adjacent to an activating group) is 1. The van der Waals surface area contributed by atoms with Crippen LogP contribution in [0.15, 0.2) is 41.1 Å². The number of fused-ring (bicyclic) bond motifs is 1. The number of rotatable bonds is 2. The monoisotopic (exact) mass is 345 g/mol. The van der Waals surface area contributed by atoms with E-state index in [4.69, 9.17) is 0 Å². The van der Waals surface area contributed by atoms with E-state index in [0.29, 0.717) is 5.56 Å². The standard InChI is InChI=1S/C16H16BrN3O/c1-20-7-6-14-11(10-20)8-18-9-15(14)16(21)19-13-4-2-12(17)3-5-13/h2-5,8-9H,6-7,10H2,1H3,(H,19,21). The summed E-state index contributed by atoms with van der Waals surface area (Å²) in [6, 6.07) is 7.56. The summed E-state index contributed by atoms with van der Waals surface area (Å²) in [6.45, 7) is 1.82. The molecule has 2 aromatic rings. The van der Waals surface area contributed by atoms with Gasteiger partial charge in [-0.3, -0.25) is 9.78 Å². The van der Waals surface area contributed by atoms with E-state index >= 15 is 0 Å². The number of nitrogens with one attached hydrogen (secondary N) is 1. The van der Waals surface area contributed by atoms with E-state index in [1.54, 1.807) is 6.20 Å². The number of carbonyl (C=O) groups excluding carboxylic acids is 1. The number of carbonyl (C=O) groups is 1. The maximum absolute atomic E-state index is 12.5. The van der Waals surface area contributed by atoms with Gasteiger partial charge in [0.05, 0.1) is 5.56 Å². The van der Waals surface area contributed by atoms with E-state index < -0.39 is 0 Å². The maximum atomic E-state index is 12.5. The van der Waals surface area contributed by atoms with Crippen molar-refractivity contribution in [2.24, 2.45) is 0 Å². The van der Waals surface area contributed by atoms with Gasteiger partial charge in [0.2, 0.25) is 0 Å². The van der Waals surface area contributed by atoms with E-state index in [1.807, 2.05) is 30.5 Å². The lowest BCUT2D eigenvalue weighted by molar-refractivity contribution is 0.102. The van der Waals surface area contributed by atoms with Gasteiger partial charge < -0.3 is 10.2 Å². The zero-order chi connectivity index (χ0) is 14.8. The van der Waals surface area contributed by atoms with Gasteiger partial charge in [0.25, 0.3) is 5.91 Å². The molecule has 0 aliphatic carbocycles. The number of hydrogen-bond acceptors (Lipinski definition) is 3. The molecule has 5 heteroatoms. The molecule has 108 valence electrons. The van der Waals surface area contributed by atoms with Gasteiger partial charge in [-0.05, 0) is 48.9 Å². The van der Waals surface area contributed by atoms with Gasteiger partial charge in [0.1, 0.15) is 0 Å². The minimum absolute atomic E-state index is 0.0915. The lowest BCUT2D eigenvalue weighted by Crippen LogP contribution is -2.29. The Balaban J connectivity index is 1.85. The number of benzene rings is 1. The number of nitrogens with zero attached hydrogens (tertiary/aromatic N) is 2. The molecule has 0 spiro atoms.